The van der Waals surface area contributed by atoms with Crippen molar-refractivity contribution in [3.8, 4) is 11.5 Å². The molecule has 0 N–H and O–H groups in total. The lowest BCUT2D eigenvalue weighted by molar-refractivity contribution is -0.132. The lowest BCUT2D eigenvalue weighted by atomic mass is 10.2. The van der Waals surface area contributed by atoms with Crippen molar-refractivity contribution in [1.29, 1.82) is 0 Å². The molecule has 0 saturated carbocycles. The molecule has 1 aromatic rings. The summed E-state index contributed by atoms with van der Waals surface area (Å²) < 4.78 is 10.8. The summed E-state index contributed by atoms with van der Waals surface area (Å²) in [5, 5.41) is 0. The molecule has 0 bridgehead atoms. The monoisotopic (exact) mass is 320 g/mol. The standard InChI is InChI=1S/C18H28N2O3/c1-4-9-20(10-5-2)18(21)13-19(6-3)12-15-7-8-16-17(11-15)23-14-22-16/h7-8,11H,4-6,9-10,12-14H2,1-3H3. The SMILES string of the molecule is CCCN(CCC)C(=O)CN(CC)Cc1ccc2c(c1)OCO2. The summed E-state index contributed by atoms with van der Waals surface area (Å²) in [7, 11) is 0. The molecule has 0 unspecified atom stereocenters. The smallest absolute Gasteiger partial charge is 0.236 e. The maximum absolute atomic E-state index is 12.5. The van der Waals surface area contributed by atoms with Crippen LogP contribution in [0.4, 0.5) is 0 Å². The number of fused-ring (bicyclic) bond motifs is 1. The van der Waals surface area contributed by atoms with E-state index in [1.165, 1.54) is 0 Å². The lowest BCUT2D eigenvalue weighted by Gasteiger charge is -2.26. The summed E-state index contributed by atoms with van der Waals surface area (Å²) in [5.41, 5.74) is 1.14. The van der Waals surface area contributed by atoms with Crippen molar-refractivity contribution in [3.05, 3.63) is 23.8 Å². The zero-order valence-corrected chi connectivity index (χ0v) is 14.5. The molecule has 1 amide bonds. The predicted molar refractivity (Wildman–Crippen MR) is 90.7 cm³/mol. The second-order valence-electron chi connectivity index (χ2n) is 5.87. The third-order valence-electron chi connectivity index (χ3n) is 3.99. The summed E-state index contributed by atoms with van der Waals surface area (Å²) in [6.07, 6.45) is 2.00. The zero-order chi connectivity index (χ0) is 16.7. The van der Waals surface area contributed by atoms with Crippen LogP contribution in [0.15, 0.2) is 18.2 Å². The summed E-state index contributed by atoms with van der Waals surface area (Å²) in [4.78, 5) is 16.6. The second kappa shape index (κ2) is 8.77. The highest BCUT2D eigenvalue weighted by molar-refractivity contribution is 5.78. The van der Waals surface area contributed by atoms with E-state index in [4.69, 9.17) is 9.47 Å². The van der Waals surface area contributed by atoms with E-state index in [0.29, 0.717) is 6.54 Å². The van der Waals surface area contributed by atoms with Gasteiger partial charge < -0.3 is 14.4 Å². The minimum atomic E-state index is 0.219. The van der Waals surface area contributed by atoms with E-state index < -0.39 is 0 Å². The Morgan fingerprint density at radius 1 is 1.09 bits per heavy atom. The second-order valence-corrected chi connectivity index (χ2v) is 5.87. The van der Waals surface area contributed by atoms with Gasteiger partial charge in [-0.2, -0.15) is 0 Å². The molecular formula is C18H28N2O3. The van der Waals surface area contributed by atoms with Crippen molar-refractivity contribution < 1.29 is 14.3 Å². The Balaban J connectivity index is 1.95. The van der Waals surface area contributed by atoms with Crippen molar-refractivity contribution in [1.82, 2.24) is 9.80 Å². The van der Waals surface area contributed by atoms with Gasteiger partial charge in [0.2, 0.25) is 12.7 Å². The van der Waals surface area contributed by atoms with Gasteiger partial charge in [-0.05, 0) is 37.1 Å². The molecule has 1 aliphatic rings. The number of nitrogens with zero attached hydrogens (tertiary/aromatic N) is 2. The normalized spacial score (nSPS) is 12.7. The van der Waals surface area contributed by atoms with E-state index in [1.54, 1.807) is 0 Å². The number of hydrogen-bond acceptors (Lipinski definition) is 4. The molecular weight excluding hydrogens is 292 g/mol. The molecule has 5 heteroatoms. The average molecular weight is 320 g/mol. The highest BCUT2D eigenvalue weighted by Gasteiger charge is 2.17. The topological polar surface area (TPSA) is 42.0 Å². The molecule has 128 valence electrons. The van der Waals surface area contributed by atoms with Crippen LogP contribution in [0.3, 0.4) is 0 Å². The fraction of sp³-hybridized carbons (Fsp3) is 0.611. The lowest BCUT2D eigenvalue weighted by Crippen LogP contribution is -2.40. The number of rotatable bonds is 9. The minimum Gasteiger partial charge on any atom is -0.454 e. The molecule has 1 aromatic carbocycles. The van der Waals surface area contributed by atoms with Gasteiger partial charge in [0.15, 0.2) is 11.5 Å². The van der Waals surface area contributed by atoms with Crippen LogP contribution in [0.1, 0.15) is 39.2 Å². The van der Waals surface area contributed by atoms with Crippen molar-refractivity contribution in [2.45, 2.75) is 40.2 Å². The average Bonchev–Trinajstić information content (AvgIpc) is 3.01. The van der Waals surface area contributed by atoms with Crippen molar-refractivity contribution in [2.75, 3.05) is 33.0 Å². The van der Waals surface area contributed by atoms with Crippen molar-refractivity contribution in [2.24, 2.45) is 0 Å². The van der Waals surface area contributed by atoms with Gasteiger partial charge in [0.05, 0.1) is 6.54 Å². The van der Waals surface area contributed by atoms with E-state index in [0.717, 1.165) is 56.1 Å². The molecule has 5 nitrogen and oxygen atoms in total. The molecule has 0 radical (unpaired) electrons. The van der Waals surface area contributed by atoms with Gasteiger partial charge in [-0.15, -0.1) is 0 Å². The van der Waals surface area contributed by atoms with Crippen molar-refractivity contribution in [3.63, 3.8) is 0 Å². The fourth-order valence-corrected chi connectivity index (χ4v) is 2.77. The first kappa shape index (κ1) is 17.6. The van der Waals surface area contributed by atoms with Gasteiger partial charge in [0, 0.05) is 19.6 Å². The van der Waals surface area contributed by atoms with Crippen molar-refractivity contribution >= 4 is 5.91 Å². The molecule has 1 aliphatic heterocycles. The molecule has 2 rings (SSSR count). The Kier molecular flexibility index (Phi) is 6.71. The molecule has 0 aromatic heterocycles. The Labute approximate surface area is 139 Å². The van der Waals surface area contributed by atoms with Gasteiger partial charge in [0.1, 0.15) is 0 Å². The van der Waals surface area contributed by atoms with E-state index in [2.05, 4.69) is 25.7 Å². The largest absolute Gasteiger partial charge is 0.454 e. The molecule has 0 spiro atoms. The van der Waals surface area contributed by atoms with Gasteiger partial charge in [-0.1, -0.05) is 26.8 Å². The van der Waals surface area contributed by atoms with E-state index in [1.807, 2.05) is 23.1 Å². The van der Waals surface area contributed by atoms with E-state index >= 15 is 0 Å². The summed E-state index contributed by atoms with van der Waals surface area (Å²) in [5.74, 6) is 1.81. The first-order valence-electron chi connectivity index (χ1n) is 8.56. The number of benzene rings is 1. The molecule has 0 atom stereocenters. The number of carbonyl (C=O) groups is 1. The van der Waals surface area contributed by atoms with Crippen LogP contribution in [0.5, 0.6) is 11.5 Å². The number of hydrogen-bond donors (Lipinski definition) is 0. The Morgan fingerprint density at radius 3 is 2.43 bits per heavy atom. The molecule has 0 aliphatic carbocycles. The van der Waals surface area contributed by atoms with Crippen LogP contribution in [0, 0.1) is 0 Å². The first-order chi connectivity index (χ1) is 11.2. The van der Waals surface area contributed by atoms with Gasteiger partial charge in [0.25, 0.3) is 0 Å². The summed E-state index contributed by atoms with van der Waals surface area (Å²) in [6, 6.07) is 5.98. The van der Waals surface area contributed by atoms with Crippen LogP contribution < -0.4 is 9.47 Å². The van der Waals surface area contributed by atoms with E-state index in [9.17, 15) is 4.79 Å². The third-order valence-corrected chi connectivity index (χ3v) is 3.99. The number of likely N-dealkylation sites (N-methyl/N-ethyl adjacent to an activating group) is 1. The number of carbonyl (C=O) groups excluding carboxylic acids is 1. The quantitative estimate of drug-likeness (QED) is 0.701. The van der Waals surface area contributed by atoms with Crippen LogP contribution in [-0.4, -0.2) is 48.7 Å². The predicted octanol–water partition coefficient (Wildman–Crippen LogP) is 2.89. The fourth-order valence-electron chi connectivity index (χ4n) is 2.77. The zero-order valence-electron chi connectivity index (χ0n) is 14.5. The Hall–Kier alpha value is -1.75. The van der Waals surface area contributed by atoms with E-state index in [-0.39, 0.29) is 12.7 Å². The van der Waals surface area contributed by atoms with Crippen LogP contribution in [0.2, 0.25) is 0 Å². The molecule has 0 saturated heterocycles. The highest BCUT2D eigenvalue weighted by atomic mass is 16.7. The summed E-state index contributed by atoms with van der Waals surface area (Å²) in [6.45, 7) is 10.3. The summed E-state index contributed by atoms with van der Waals surface area (Å²) >= 11 is 0. The molecule has 1 heterocycles. The minimum absolute atomic E-state index is 0.219. The number of amides is 1. The van der Waals surface area contributed by atoms with Crippen LogP contribution in [-0.2, 0) is 11.3 Å². The molecule has 23 heavy (non-hydrogen) atoms. The maximum Gasteiger partial charge on any atom is 0.236 e. The van der Waals surface area contributed by atoms with Gasteiger partial charge in [-0.3, -0.25) is 9.69 Å². The Morgan fingerprint density at radius 2 is 1.78 bits per heavy atom. The Bertz CT molecular complexity index is 513. The maximum atomic E-state index is 12.5. The molecule has 0 fully saturated rings. The first-order valence-corrected chi connectivity index (χ1v) is 8.56. The van der Waals surface area contributed by atoms with Gasteiger partial charge in [-0.25, -0.2) is 0 Å². The van der Waals surface area contributed by atoms with Gasteiger partial charge >= 0.3 is 0 Å². The third kappa shape index (κ3) is 4.86. The van der Waals surface area contributed by atoms with Crippen LogP contribution in [0.25, 0.3) is 0 Å². The highest BCUT2D eigenvalue weighted by Crippen LogP contribution is 2.32. The van der Waals surface area contributed by atoms with Crippen LogP contribution >= 0.6 is 0 Å². The number of ether oxygens (including phenoxy) is 2.